The zero-order valence-electron chi connectivity index (χ0n) is 36.7. The van der Waals surface area contributed by atoms with E-state index in [1.807, 2.05) is 170 Å². The Hall–Kier alpha value is -7.64. The normalized spacial score (nSPS) is 14.6. The van der Waals surface area contributed by atoms with Crippen molar-refractivity contribution < 1.29 is 19.2 Å². The molecule has 8 aromatic rings. The number of piperazine rings is 1. The minimum absolute atomic E-state index is 0.0152. The highest BCUT2D eigenvalue weighted by molar-refractivity contribution is 6.10. The van der Waals surface area contributed by atoms with Gasteiger partial charge in [0.25, 0.3) is 0 Å². The number of rotatable bonds is 16. The summed E-state index contributed by atoms with van der Waals surface area (Å²) < 4.78 is 0. The smallest absolute Gasteiger partial charge is 0.193 e. The third-order valence-corrected chi connectivity index (χ3v) is 12.9. The largest absolute Gasteiger partial charge is 0.311 e. The van der Waals surface area contributed by atoms with Gasteiger partial charge in [-0.3, -0.25) is 24.1 Å². The molecule has 1 atom stereocenters. The van der Waals surface area contributed by atoms with Crippen LogP contribution in [0.3, 0.4) is 0 Å². The van der Waals surface area contributed by atoms with Crippen LogP contribution in [0.25, 0.3) is 0 Å². The van der Waals surface area contributed by atoms with Gasteiger partial charge in [0.15, 0.2) is 23.1 Å². The van der Waals surface area contributed by atoms with E-state index in [1.54, 1.807) is 0 Å². The van der Waals surface area contributed by atoms with E-state index in [0.29, 0.717) is 70.3 Å². The van der Waals surface area contributed by atoms with Crippen LogP contribution >= 0.6 is 0 Å². The lowest BCUT2D eigenvalue weighted by molar-refractivity contribution is 0.0117. The summed E-state index contributed by atoms with van der Waals surface area (Å²) in [6.45, 7) is 2.12. The van der Waals surface area contributed by atoms with Crippen LogP contribution in [0, 0.1) is 0 Å². The van der Waals surface area contributed by atoms with Gasteiger partial charge in [0, 0.05) is 75.7 Å². The number of nitrogens with zero attached hydrogens (tertiary/aromatic N) is 1. The molecule has 1 heterocycles. The van der Waals surface area contributed by atoms with Crippen LogP contribution in [0.2, 0.25) is 0 Å². The van der Waals surface area contributed by atoms with Crippen molar-refractivity contribution in [3.8, 4) is 0 Å². The Kier molecular flexibility index (Phi) is 13.2. The molecule has 1 aliphatic heterocycles. The molecule has 0 radical (unpaired) electrons. The molecule has 0 bridgehead atoms. The predicted octanol–water partition coefficient (Wildman–Crippen LogP) is 10.9. The molecule has 1 unspecified atom stereocenters. The first-order valence-electron chi connectivity index (χ1n) is 22.6. The first-order valence-corrected chi connectivity index (χ1v) is 22.6. The van der Waals surface area contributed by atoms with E-state index in [9.17, 15) is 19.2 Å². The Balaban J connectivity index is 1.09. The number of hydrogen-bond acceptors (Lipinski definition) is 6. The fourth-order valence-corrected chi connectivity index (χ4v) is 9.33. The Morgan fingerprint density at radius 3 is 1.00 bits per heavy atom. The van der Waals surface area contributed by atoms with Crippen LogP contribution in [-0.4, -0.2) is 52.7 Å². The lowest BCUT2D eigenvalue weighted by Gasteiger charge is -2.53. The first kappa shape index (κ1) is 43.6. The summed E-state index contributed by atoms with van der Waals surface area (Å²) >= 11 is 0. The summed E-state index contributed by atoms with van der Waals surface area (Å²) in [7, 11) is 0. The number of benzene rings is 8. The monoisotopic (exact) mass is 862 g/mol. The van der Waals surface area contributed by atoms with Crippen molar-refractivity contribution in [3.63, 3.8) is 0 Å². The van der Waals surface area contributed by atoms with Crippen molar-refractivity contribution in [1.82, 2.24) is 10.2 Å². The molecule has 0 aromatic heterocycles. The maximum atomic E-state index is 13.5. The molecule has 324 valence electrons. The van der Waals surface area contributed by atoms with E-state index in [4.69, 9.17) is 0 Å². The fraction of sp³-hybridized carbons (Fsp3) is 0.133. The average Bonchev–Trinajstić information content (AvgIpc) is 3.38. The zero-order valence-corrected chi connectivity index (χ0v) is 36.7. The van der Waals surface area contributed by atoms with Gasteiger partial charge < -0.3 is 5.32 Å². The topological polar surface area (TPSA) is 83.6 Å². The van der Waals surface area contributed by atoms with Gasteiger partial charge in [-0.05, 0) is 41.5 Å². The third kappa shape index (κ3) is 9.86. The molecule has 8 aromatic carbocycles. The molecular weight excluding hydrogens is 813 g/mol. The zero-order chi connectivity index (χ0) is 45.3. The van der Waals surface area contributed by atoms with Crippen LogP contribution in [-0.2, 0) is 25.8 Å². The second-order valence-corrected chi connectivity index (χ2v) is 17.2. The van der Waals surface area contributed by atoms with Gasteiger partial charge in [0.05, 0.1) is 0 Å². The van der Waals surface area contributed by atoms with Gasteiger partial charge in [-0.2, -0.15) is 0 Å². The SMILES string of the molecule is O=C(c1ccccc1)c1ccc(CC2NCCN(Cc3ccc(C(=O)c4ccccc4)cc3)C2(Cc2ccc(C(=O)c3ccccc3)cc2)Cc2ccc(C(=O)c3ccccc3)cc2)cc1. The molecule has 1 N–H and O–H groups in total. The Morgan fingerprint density at radius 2 is 0.667 bits per heavy atom. The van der Waals surface area contributed by atoms with Crippen LogP contribution < -0.4 is 5.32 Å². The van der Waals surface area contributed by atoms with Crippen molar-refractivity contribution in [1.29, 1.82) is 0 Å². The van der Waals surface area contributed by atoms with Crippen molar-refractivity contribution >= 4 is 23.1 Å². The molecular formula is C60H50N2O4. The number of carbonyl (C=O) groups excluding carboxylic acids is 4. The molecule has 0 amide bonds. The summed E-state index contributed by atoms with van der Waals surface area (Å²) in [4.78, 5) is 56.5. The van der Waals surface area contributed by atoms with Crippen molar-refractivity contribution in [2.45, 2.75) is 37.4 Å². The standard InChI is InChI=1S/C60H50N2O4/c63-56(47-13-5-1-6-14-47)51-29-21-43(22-30-51)39-55-60(40-44-23-31-52(32-24-44)57(64)48-15-7-2-8-16-48,41-45-25-33-53(34-26-45)58(65)49-17-9-3-10-18-49)62(38-37-61-55)42-46-27-35-54(36-28-46)59(66)50-19-11-4-12-20-50/h1-36,55,61H,37-42H2. The minimum atomic E-state index is -0.536. The second-order valence-electron chi connectivity index (χ2n) is 17.2. The summed E-state index contributed by atoms with van der Waals surface area (Å²) in [5.74, 6) is -0.0783. The number of hydrogen-bond donors (Lipinski definition) is 1. The van der Waals surface area contributed by atoms with E-state index in [2.05, 4.69) is 58.7 Å². The van der Waals surface area contributed by atoms with Crippen LogP contribution in [0.15, 0.2) is 218 Å². The van der Waals surface area contributed by atoms with Crippen molar-refractivity contribution in [2.75, 3.05) is 13.1 Å². The van der Waals surface area contributed by atoms with Crippen LogP contribution in [0.5, 0.6) is 0 Å². The predicted molar refractivity (Wildman–Crippen MR) is 261 cm³/mol. The van der Waals surface area contributed by atoms with Gasteiger partial charge in [0.1, 0.15) is 0 Å². The molecule has 6 heteroatoms. The van der Waals surface area contributed by atoms with Gasteiger partial charge in [-0.15, -0.1) is 0 Å². The summed E-state index contributed by atoms with van der Waals surface area (Å²) in [5.41, 5.74) is 8.94. The summed E-state index contributed by atoms with van der Waals surface area (Å²) in [6, 6.07) is 69.3. The molecule has 1 saturated heterocycles. The highest BCUT2D eigenvalue weighted by Crippen LogP contribution is 2.36. The molecule has 9 rings (SSSR count). The molecule has 0 saturated carbocycles. The van der Waals surface area contributed by atoms with Gasteiger partial charge in [-0.25, -0.2) is 0 Å². The average molecular weight is 863 g/mol. The Bertz CT molecular complexity index is 2710. The molecule has 1 aliphatic rings. The fourth-order valence-electron chi connectivity index (χ4n) is 9.33. The van der Waals surface area contributed by atoms with Gasteiger partial charge in [-0.1, -0.05) is 218 Å². The van der Waals surface area contributed by atoms with Crippen LogP contribution in [0.1, 0.15) is 85.9 Å². The number of nitrogens with one attached hydrogen (secondary N) is 1. The van der Waals surface area contributed by atoms with Crippen LogP contribution in [0.4, 0.5) is 0 Å². The highest BCUT2D eigenvalue weighted by Gasteiger charge is 2.46. The minimum Gasteiger partial charge on any atom is -0.311 e. The van der Waals surface area contributed by atoms with E-state index in [1.165, 1.54) is 0 Å². The maximum absolute atomic E-state index is 13.5. The first-order chi connectivity index (χ1) is 32.3. The molecule has 1 fully saturated rings. The van der Waals surface area contributed by atoms with Crippen molar-refractivity contribution in [3.05, 3.63) is 285 Å². The number of carbonyl (C=O) groups is 4. The third-order valence-electron chi connectivity index (χ3n) is 12.9. The number of ketones is 4. The quantitative estimate of drug-likeness (QED) is 0.0975. The Labute approximate surface area is 386 Å². The highest BCUT2D eigenvalue weighted by atomic mass is 16.1. The summed E-state index contributed by atoms with van der Waals surface area (Å²) in [6.07, 6.45) is 1.96. The van der Waals surface area contributed by atoms with Gasteiger partial charge in [0.2, 0.25) is 0 Å². The second kappa shape index (κ2) is 20.0. The Morgan fingerprint density at radius 1 is 0.379 bits per heavy atom. The molecule has 0 aliphatic carbocycles. The molecule has 6 nitrogen and oxygen atoms in total. The molecule has 0 spiro atoms. The van der Waals surface area contributed by atoms with E-state index in [0.717, 1.165) is 35.3 Å². The van der Waals surface area contributed by atoms with Gasteiger partial charge >= 0.3 is 0 Å². The van der Waals surface area contributed by atoms with E-state index < -0.39 is 5.54 Å². The summed E-state index contributed by atoms with van der Waals surface area (Å²) in [5, 5.41) is 3.96. The van der Waals surface area contributed by atoms with E-state index in [-0.39, 0.29) is 29.2 Å². The van der Waals surface area contributed by atoms with E-state index >= 15 is 0 Å². The lowest BCUT2D eigenvalue weighted by Crippen LogP contribution is -2.69. The molecule has 66 heavy (non-hydrogen) atoms. The maximum Gasteiger partial charge on any atom is 0.193 e. The lowest BCUT2D eigenvalue weighted by atomic mass is 9.73. The van der Waals surface area contributed by atoms with Crippen molar-refractivity contribution in [2.24, 2.45) is 0 Å².